The minimum atomic E-state index is -0.0503. The van der Waals surface area contributed by atoms with Crippen LogP contribution >= 0.6 is 11.6 Å². The number of phenolic OH excluding ortho intramolecular Hbond substituents is 1. The molecular formula is C18H19ClO2. The highest BCUT2D eigenvalue weighted by Crippen LogP contribution is 2.32. The van der Waals surface area contributed by atoms with E-state index < -0.39 is 0 Å². The molecule has 0 saturated carbocycles. The van der Waals surface area contributed by atoms with Gasteiger partial charge in [-0.1, -0.05) is 50.6 Å². The molecule has 0 atom stereocenters. The summed E-state index contributed by atoms with van der Waals surface area (Å²) in [6.45, 7) is 6.12. The average molecular weight is 303 g/mol. The van der Waals surface area contributed by atoms with E-state index in [2.05, 4.69) is 0 Å². The monoisotopic (exact) mass is 302 g/mol. The van der Waals surface area contributed by atoms with Gasteiger partial charge in [0.05, 0.1) is 0 Å². The number of Topliss-reactive ketones (excluding diaryl/α,β-unsaturated/α-hetero) is 1. The number of ketones is 1. The van der Waals surface area contributed by atoms with E-state index in [1.807, 2.05) is 32.9 Å². The maximum absolute atomic E-state index is 12.3. The van der Waals surface area contributed by atoms with Gasteiger partial charge >= 0.3 is 0 Å². The number of benzene rings is 2. The highest BCUT2D eigenvalue weighted by Gasteiger charge is 2.18. The maximum atomic E-state index is 12.3. The Morgan fingerprint density at radius 3 is 2.52 bits per heavy atom. The molecule has 2 nitrogen and oxygen atoms in total. The Morgan fingerprint density at radius 1 is 1.14 bits per heavy atom. The van der Waals surface area contributed by atoms with Crippen LogP contribution in [0.15, 0.2) is 42.5 Å². The van der Waals surface area contributed by atoms with Crippen molar-refractivity contribution in [3.05, 3.63) is 53.1 Å². The lowest BCUT2D eigenvalue weighted by Gasteiger charge is -2.17. The summed E-state index contributed by atoms with van der Waals surface area (Å²) in [5.74, 6) is 0.255. The fourth-order valence-corrected chi connectivity index (χ4v) is 2.36. The summed E-state index contributed by atoms with van der Waals surface area (Å²) in [5, 5.41) is 10.5. The number of carbonyl (C=O) groups excluding carboxylic acids is 1. The predicted octanol–water partition coefficient (Wildman–Crippen LogP) is 5.33. The second-order valence-corrected chi connectivity index (χ2v) is 6.84. The average Bonchev–Trinajstić information content (AvgIpc) is 2.40. The van der Waals surface area contributed by atoms with Gasteiger partial charge in [0.1, 0.15) is 5.75 Å². The SMILES string of the molecule is CC(C)(C)CC(=O)c1cccc(-c2cc(Cl)ccc2O)c1. The van der Waals surface area contributed by atoms with Gasteiger partial charge in [-0.05, 0) is 35.2 Å². The van der Waals surface area contributed by atoms with Crippen LogP contribution in [-0.4, -0.2) is 10.9 Å². The molecule has 0 aliphatic heterocycles. The molecule has 0 heterocycles. The first-order valence-corrected chi connectivity index (χ1v) is 7.26. The van der Waals surface area contributed by atoms with Gasteiger partial charge in [0.25, 0.3) is 0 Å². The minimum Gasteiger partial charge on any atom is -0.507 e. The van der Waals surface area contributed by atoms with Crippen LogP contribution in [0.1, 0.15) is 37.6 Å². The van der Waals surface area contributed by atoms with Gasteiger partial charge in [0.2, 0.25) is 0 Å². The first kappa shape index (κ1) is 15.6. The number of halogens is 1. The van der Waals surface area contributed by atoms with E-state index >= 15 is 0 Å². The zero-order valence-corrected chi connectivity index (χ0v) is 13.2. The van der Waals surface area contributed by atoms with Crippen molar-refractivity contribution < 1.29 is 9.90 Å². The number of rotatable bonds is 3. The van der Waals surface area contributed by atoms with Gasteiger partial charge in [0.15, 0.2) is 5.78 Å². The summed E-state index contributed by atoms with van der Waals surface area (Å²) in [6.07, 6.45) is 0.484. The summed E-state index contributed by atoms with van der Waals surface area (Å²) in [6, 6.07) is 12.2. The third-order valence-corrected chi connectivity index (χ3v) is 3.38. The van der Waals surface area contributed by atoms with E-state index in [1.54, 1.807) is 30.3 Å². The Morgan fingerprint density at radius 2 is 1.86 bits per heavy atom. The van der Waals surface area contributed by atoms with Crippen LogP contribution in [0.4, 0.5) is 0 Å². The largest absolute Gasteiger partial charge is 0.507 e. The van der Waals surface area contributed by atoms with Gasteiger partial charge in [-0.15, -0.1) is 0 Å². The van der Waals surface area contributed by atoms with E-state index in [1.165, 1.54) is 0 Å². The number of phenols is 1. The van der Waals surface area contributed by atoms with Crippen molar-refractivity contribution in [2.45, 2.75) is 27.2 Å². The Labute approximate surface area is 130 Å². The van der Waals surface area contributed by atoms with Crippen LogP contribution < -0.4 is 0 Å². The molecular weight excluding hydrogens is 284 g/mol. The van der Waals surface area contributed by atoms with E-state index in [0.717, 1.165) is 5.56 Å². The molecule has 0 amide bonds. The second kappa shape index (κ2) is 5.90. The van der Waals surface area contributed by atoms with Crippen molar-refractivity contribution in [1.82, 2.24) is 0 Å². The van der Waals surface area contributed by atoms with E-state index in [9.17, 15) is 9.90 Å². The van der Waals surface area contributed by atoms with Crippen molar-refractivity contribution in [2.75, 3.05) is 0 Å². The molecule has 0 spiro atoms. The zero-order valence-electron chi connectivity index (χ0n) is 12.5. The smallest absolute Gasteiger partial charge is 0.163 e. The molecule has 0 saturated heterocycles. The summed E-state index contributed by atoms with van der Waals surface area (Å²) < 4.78 is 0. The molecule has 0 unspecified atom stereocenters. The molecule has 0 aliphatic rings. The van der Waals surface area contributed by atoms with Crippen LogP contribution in [0.5, 0.6) is 5.75 Å². The van der Waals surface area contributed by atoms with Crippen LogP contribution in [0, 0.1) is 5.41 Å². The lowest BCUT2D eigenvalue weighted by Crippen LogP contribution is -2.13. The fourth-order valence-electron chi connectivity index (χ4n) is 2.18. The van der Waals surface area contributed by atoms with E-state index in [4.69, 9.17) is 11.6 Å². The summed E-state index contributed by atoms with van der Waals surface area (Å²) in [5.41, 5.74) is 2.02. The Bertz CT molecular complexity index is 669. The van der Waals surface area contributed by atoms with Crippen LogP contribution in [0.25, 0.3) is 11.1 Å². The number of hydrogen-bond acceptors (Lipinski definition) is 2. The van der Waals surface area contributed by atoms with Crippen LogP contribution in [0.3, 0.4) is 0 Å². The van der Waals surface area contributed by atoms with Crippen molar-refractivity contribution in [1.29, 1.82) is 0 Å². The van der Waals surface area contributed by atoms with Crippen molar-refractivity contribution in [2.24, 2.45) is 5.41 Å². The second-order valence-electron chi connectivity index (χ2n) is 6.40. The summed E-state index contributed by atoms with van der Waals surface area (Å²) >= 11 is 5.98. The lowest BCUT2D eigenvalue weighted by molar-refractivity contribution is 0.0940. The van der Waals surface area contributed by atoms with Gasteiger partial charge in [0, 0.05) is 22.6 Å². The van der Waals surface area contributed by atoms with Gasteiger partial charge < -0.3 is 5.11 Å². The van der Waals surface area contributed by atoms with Gasteiger partial charge in [-0.25, -0.2) is 0 Å². The Hall–Kier alpha value is -1.80. The molecule has 2 aromatic carbocycles. The number of carbonyl (C=O) groups is 1. The number of hydrogen-bond donors (Lipinski definition) is 1. The molecule has 1 N–H and O–H groups in total. The number of aromatic hydroxyl groups is 1. The van der Waals surface area contributed by atoms with Crippen molar-refractivity contribution >= 4 is 17.4 Å². The molecule has 110 valence electrons. The molecule has 0 aliphatic carbocycles. The van der Waals surface area contributed by atoms with Gasteiger partial charge in [-0.2, -0.15) is 0 Å². The quantitative estimate of drug-likeness (QED) is 0.778. The lowest BCUT2D eigenvalue weighted by atomic mass is 9.87. The third kappa shape index (κ3) is 4.08. The van der Waals surface area contributed by atoms with E-state index in [0.29, 0.717) is 22.6 Å². The summed E-state index contributed by atoms with van der Waals surface area (Å²) in [4.78, 5) is 12.3. The van der Waals surface area contributed by atoms with Crippen LogP contribution in [-0.2, 0) is 0 Å². The van der Waals surface area contributed by atoms with Crippen LogP contribution in [0.2, 0.25) is 5.02 Å². The maximum Gasteiger partial charge on any atom is 0.163 e. The highest BCUT2D eigenvalue weighted by molar-refractivity contribution is 6.31. The molecule has 2 aromatic rings. The first-order chi connectivity index (χ1) is 9.76. The molecule has 0 fully saturated rings. The first-order valence-electron chi connectivity index (χ1n) is 6.88. The van der Waals surface area contributed by atoms with Gasteiger partial charge in [-0.3, -0.25) is 4.79 Å². The predicted molar refractivity (Wildman–Crippen MR) is 87.0 cm³/mol. The van der Waals surface area contributed by atoms with Crippen molar-refractivity contribution in [3.63, 3.8) is 0 Å². The molecule has 0 bridgehead atoms. The molecule has 3 heteroatoms. The zero-order chi connectivity index (χ0) is 15.6. The normalized spacial score (nSPS) is 11.4. The Kier molecular flexibility index (Phi) is 4.38. The standard InChI is InChI=1S/C18H19ClO2/c1-18(2,3)11-17(21)13-6-4-5-12(9-13)15-10-14(19)7-8-16(15)20/h4-10,20H,11H2,1-3H3. The topological polar surface area (TPSA) is 37.3 Å². The molecule has 0 radical (unpaired) electrons. The minimum absolute atomic E-state index is 0.0503. The highest BCUT2D eigenvalue weighted by atomic mass is 35.5. The Balaban J connectivity index is 2.38. The molecule has 2 rings (SSSR count). The summed E-state index contributed by atoms with van der Waals surface area (Å²) in [7, 11) is 0. The van der Waals surface area contributed by atoms with E-state index in [-0.39, 0.29) is 16.9 Å². The molecule has 0 aromatic heterocycles. The third-order valence-electron chi connectivity index (χ3n) is 3.15. The fraction of sp³-hybridized carbons (Fsp3) is 0.278. The van der Waals surface area contributed by atoms with Crippen molar-refractivity contribution in [3.8, 4) is 16.9 Å². The molecule has 21 heavy (non-hydrogen) atoms.